The van der Waals surface area contributed by atoms with E-state index in [4.69, 9.17) is 16.2 Å². The van der Waals surface area contributed by atoms with Crippen molar-refractivity contribution in [2.24, 2.45) is 15.8 Å². The molecule has 0 bridgehead atoms. The second-order valence-electron chi connectivity index (χ2n) is 5.88. The second kappa shape index (κ2) is 8.77. The van der Waals surface area contributed by atoms with Crippen molar-refractivity contribution in [3.8, 4) is 0 Å². The summed E-state index contributed by atoms with van der Waals surface area (Å²) in [4.78, 5) is 24.0. The van der Waals surface area contributed by atoms with Gasteiger partial charge < -0.3 is 20.9 Å². The molecule has 0 spiro atoms. The Balaban J connectivity index is 0.00000264. The van der Waals surface area contributed by atoms with Crippen molar-refractivity contribution in [2.75, 3.05) is 31.8 Å². The van der Waals surface area contributed by atoms with E-state index in [1.807, 2.05) is 0 Å². The Kier molecular flexibility index (Phi) is 8.61. The molecule has 0 radical (unpaired) electrons. The van der Waals surface area contributed by atoms with Gasteiger partial charge in [-0.15, -0.1) is 24.8 Å². The Labute approximate surface area is 154 Å². The fourth-order valence-corrected chi connectivity index (χ4v) is 4.98. The third kappa shape index (κ3) is 4.59. The maximum atomic E-state index is 12.7. The number of esters is 1. The number of carbonyl (C=O) groups is 2. The van der Waals surface area contributed by atoms with E-state index in [1.165, 1.54) is 7.11 Å². The largest absolute Gasteiger partial charge is 0.468 e. The highest BCUT2D eigenvalue weighted by molar-refractivity contribution is 7.93. The summed E-state index contributed by atoms with van der Waals surface area (Å²) in [5, 5.41) is 0. The van der Waals surface area contributed by atoms with Gasteiger partial charge in [-0.2, -0.15) is 4.36 Å². The minimum absolute atomic E-state index is 0. The molecule has 1 amide bonds. The van der Waals surface area contributed by atoms with Crippen LogP contribution in [0.3, 0.4) is 0 Å². The first kappa shape index (κ1) is 23.5. The summed E-state index contributed by atoms with van der Waals surface area (Å²) in [6.07, 6.45) is 1.57. The molecule has 24 heavy (non-hydrogen) atoms. The molecule has 1 atom stereocenters. The summed E-state index contributed by atoms with van der Waals surface area (Å²) in [6.45, 7) is 0.474. The molecule has 0 aliphatic carbocycles. The van der Waals surface area contributed by atoms with Crippen molar-refractivity contribution in [3.63, 3.8) is 0 Å². The van der Waals surface area contributed by atoms with E-state index in [0.29, 0.717) is 13.0 Å². The van der Waals surface area contributed by atoms with Crippen molar-refractivity contribution in [1.29, 1.82) is 0 Å². The van der Waals surface area contributed by atoms with Crippen LogP contribution in [0.5, 0.6) is 0 Å². The number of hydrogen-bond acceptors (Lipinski definition) is 7. The van der Waals surface area contributed by atoms with Crippen LogP contribution in [-0.2, 0) is 28.8 Å². The number of amides is 1. The van der Waals surface area contributed by atoms with E-state index in [-0.39, 0.29) is 55.7 Å². The zero-order chi connectivity index (χ0) is 16.4. The number of methoxy groups -OCH3 is 1. The number of nitrogens with zero attached hydrogens (tertiary/aromatic N) is 1. The lowest BCUT2D eigenvalue weighted by Crippen LogP contribution is -2.54. The number of nitrogens with two attached hydrogens (primary N) is 2. The van der Waals surface area contributed by atoms with Gasteiger partial charge in [-0.05, 0) is 25.7 Å². The molecular formula is C13H25Cl2N3O5S. The molecule has 8 nitrogen and oxygen atoms in total. The maximum absolute atomic E-state index is 12.7. The molecule has 11 heteroatoms. The zero-order valence-corrected chi connectivity index (χ0v) is 16.0. The molecular weight excluding hydrogens is 381 g/mol. The van der Waals surface area contributed by atoms with E-state index < -0.39 is 32.7 Å². The minimum Gasteiger partial charge on any atom is -0.468 e. The first-order valence-corrected chi connectivity index (χ1v) is 9.13. The van der Waals surface area contributed by atoms with E-state index in [9.17, 15) is 13.8 Å². The lowest BCUT2D eigenvalue weighted by atomic mass is 9.94. The second-order valence-corrected chi connectivity index (χ2v) is 8.42. The highest BCUT2D eigenvalue weighted by atomic mass is 35.5. The van der Waals surface area contributed by atoms with Crippen LogP contribution >= 0.6 is 24.8 Å². The molecule has 1 unspecified atom stereocenters. The Morgan fingerprint density at radius 1 is 1.25 bits per heavy atom. The predicted molar refractivity (Wildman–Crippen MR) is 94.9 cm³/mol. The lowest BCUT2D eigenvalue weighted by molar-refractivity contribution is -0.147. The molecule has 0 aromatic heterocycles. The zero-order valence-electron chi connectivity index (χ0n) is 13.5. The van der Waals surface area contributed by atoms with Crippen LogP contribution in [0, 0.1) is 0 Å². The van der Waals surface area contributed by atoms with Gasteiger partial charge in [0.1, 0.15) is 5.54 Å². The molecule has 2 aliphatic heterocycles. The Morgan fingerprint density at radius 3 is 2.25 bits per heavy atom. The Morgan fingerprint density at radius 2 is 1.83 bits per heavy atom. The molecule has 2 saturated heterocycles. The summed E-state index contributed by atoms with van der Waals surface area (Å²) in [5.41, 5.74) is 9.32. The lowest BCUT2D eigenvalue weighted by Gasteiger charge is -2.32. The molecule has 0 saturated carbocycles. The van der Waals surface area contributed by atoms with Gasteiger partial charge in [0, 0.05) is 24.7 Å². The van der Waals surface area contributed by atoms with Crippen LogP contribution < -0.4 is 11.5 Å². The summed E-state index contributed by atoms with van der Waals surface area (Å²) in [7, 11) is -1.47. The summed E-state index contributed by atoms with van der Waals surface area (Å²) >= 11 is 0. The molecule has 142 valence electrons. The van der Waals surface area contributed by atoms with Gasteiger partial charge in [0.25, 0.3) is 5.91 Å². The summed E-state index contributed by atoms with van der Waals surface area (Å²) in [5.74, 6) is -0.909. The molecule has 2 fully saturated rings. The molecule has 2 rings (SSSR count). The predicted octanol–water partition coefficient (Wildman–Crippen LogP) is -0.00320. The van der Waals surface area contributed by atoms with Crippen LogP contribution in [0.25, 0.3) is 0 Å². The fourth-order valence-electron chi connectivity index (χ4n) is 2.76. The molecule has 0 aromatic rings. The van der Waals surface area contributed by atoms with E-state index in [0.717, 1.165) is 6.42 Å². The fraction of sp³-hybridized carbons (Fsp3) is 0.846. The third-order valence-electron chi connectivity index (χ3n) is 4.40. The number of ether oxygens (including phenoxy) is 2. The normalized spacial score (nSPS) is 35.3. The molecule has 0 aromatic carbocycles. The van der Waals surface area contributed by atoms with Gasteiger partial charge in [-0.25, -0.2) is 4.21 Å². The number of hydrogen-bond donors (Lipinski definition) is 2. The molecule has 2 heterocycles. The van der Waals surface area contributed by atoms with Gasteiger partial charge in [0.2, 0.25) is 0 Å². The number of halogens is 2. The van der Waals surface area contributed by atoms with Crippen molar-refractivity contribution in [2.45, 2.75) is 36.8 Å². The smallest absolute Gasteiger partial charge is 0.325 e. The Hall–Kier alpha value is -0.450. The van der Waals surface area contributed by atoms with Crippen molar-refractivity contribution < 1.29 is 23.3 Å². The molecule has 4 N–H and O–H groups in total. The van der Waals surface area contributed by atoms with Crippen LogP contribution in [0.4, 0.5) is 0 Å². The first-order chi connectivity index (χ1) is 10.3. The van der Waals surface area contributed by atoms with Crippen molar-refractivity contribution >= 4 is 46.4 Å². The number of carbonyl (C=O) groups excluding carboxylic acids is 2. The SMILES string of the molecule is COC(=O)C1(N)CCS(=O)(=NC(=O)C2(CN)CCCO2)CC1.Cl.Cl. The van der Waals surface area contributed by atoms with Crippen molar-refractivity contribution in [1.82, 2.24) is 0 Å². The van der Waals surface area contributed by atoms with Crippen LogP contribution in [0.1, 0.15) is 25.7 Å². The average molecular weight is 406 g/mol. The molecule has 2 aliphatic rings. The van der Waals surface area contributed by atoms with Gasteiger partial charge in [0.15, 0.2) is 5.60 Å². The van der Waals surface area contributed by atoms with Crippen molar-refractivity contribution in [3.05, 3.63) is 0 Å². The topological polar surface area (TPSA) is 134 Å². The minimum atomic E-state index is -2.74. The summed E-state index contributed by atoms with van der Waals surface area (Å²) in [6, 6.07) is 0. The van der Waals surface area contributed by atoms with Gasteiger partial charge in [-0.3, -0.25) is 9.59 Å². The van der Waals surface area contributed by atoms with Crippen LogP contribution in [0.2, 0.25) is 0 Å². The van der Waals surface area contributed by atoms with E-state index in [1.54, 1.807) is 0 Å². The van der Waals surface area contributed by atoms with Crippen LogP contribution in [-0.4, -0.2) is 59.0 Å². The average Bonchev–Trinajstić information content (AvgIpc) is 3.00. The highest BCUT2D eigenvalue weighted by Gasteiger charge is 2.44. The number of rotatable bonds is 3. The van der Waals surface area contributed by atoms with Crippen LogP contribution in [0.15, 0.2) is 4.36 Å². The third-order valence-corrected chi connectivity index (χ3v) is 6.58. The van der Waals surface area contributed by atoms with E-state index >= 15 is 0 Å². The Bertz CT molecular complexity index is 572. The van der Waals surface area contributed by atoms with E-state index in [2.05, 4.69) is 9.10 Å². The quantitative estimate of drug-likeness (QED) is 0.630. The van der Waals surface area contributed by atoms with Gasteiger partial charge in [-0.1, -0.05) is 0 Å². The van der Waals surface area contributed by atoms with Gasteiger partial charge >= 0.3 is 5.97 Å². The standard InChI is InChI=1S/C13H23N3O5S.2ClH/c1-20-11(18)12(15)4-7-22(19,8-5-12)16-10(17)13(9-14)3-2-6-21-13;;/h2-9,14-15H2,1H3;2*1H. The first-order valence-electron chi connectivity index (χ1n) is 7.27. The summed E-state index contributed by atoms with van der Waals surface area (Å²) < 4.78 is 26.8. The maximum Gasteiger partial charge on any atom is 0.325 e. The monoisotopic (exact) mass is 405 g/mol. The van der Waals surface area contributed by atoms with Gasteiger partial charge in [0.05, 0.1) is 16.8 Å². The highest BCUT2D eigenvalue weighted by Crippen LogP contribution is 2.29.